The third-order valence-corrected chi connectivity index (χ3v) is 3.28. The Morgan fingerprint density at radius 3 is 2.88 bits per heavy atom. The second-order valence-corrected chi connectivity index (χ2v) is 5.30. The van der Waals surface area contributed by atoms with Gasteiger partial charge in [-0.3, -0.25) is 0 Å². The molecule has 0 aliphatic rings. The normalized spacial score (nSPS) is 12.5. The second kappa shape index (κ2) is 7.15. The van der Waals surface area contributed by atoms with E-state index in [0.29, 0.717) is 0 Å². The Labute approximate surface area is 110 Å². The number of rotatable bonds is 6. The highest BCUT2D eigenvalue weighted by atomic mass is 79.9. The lowest BCUT2D eigenvalue weighted by Gasteiger charge is -2.09. The van der Waals surface area contributed by atoms with Crippen molar-refractivity contribution in [1.29, 1.82) is 0 Å². The first kappa shape index (κ1) is 13.8. The summed E-state index contributed by atoms with van der Waals surface area (Å²) in [5, 5.41) is 3.58. The molecule has 1 unspecified atom stereocenters. The zero-order chi connectivity index (χ0) is 12.0. The summed E-state index contributed by atoms with van der Waals surface area (Å²) >= 11 is 9.39. The zero-order valence-electron chi connectivity index (χ0n) is 9.59. The number of benzene rings is 1. The van der Waals surface area contributed by atoms with Crippen LogP contribution in [0.15, 0.2) is 22.7 Å². The third kappa shape index (κ3) is 4.73. The lowest BCUT2D eigenvalue weighted by atomic mass is 10.2. The lowest BCUT2D eigenvalue weighted by molar-refractivity contribution is 0.414. The molecule has 1 N–H and O–H groups in total. The number of ether oxygens (including phenoxy) is 1. The van der Waals surface area contributed by atoms with E-state index in [0.717, 1.165) is 29.7 Å². The van der Waals surface area contributed by atoms with Crippen molar-refractivity contribution in [2.45, 2.75) is 25.3 Å². The fourth-order valence-corrected chi connectivity index (χ4v) is 1.83. The highest BCUT2D eigenvalue weighted by Crippen LogP contribution is 2.22. The maximum Gasteiger partial charge on any atom is 0.119 e. The standard InChI is InChI=1S/C12H17BrClNO/c1-9(14)5-6-15-8-10-7-11(16-2)3-4-12(10)13/h3-4,7,9,15H,5-6,8H2,1-2H3. The van der Waals surface area contributed by atoms with Crippen molar-refractivity contribution in [3.63, 3.8) is 0 Å². The van der Waals surface area contributed by atoms with Gasteiger partial charge in [0.25, 0.3) is 0 Å². The molecule has 1 aromatic carbocycles. The molecule has 16 heavy (non-hydrogen) atoms. The van der Waals surface area contributed by atoms with Crippen LogP contribution in [0, 0.1) is 0 Å². The number of nitrogens with one attached hydrogen (secondary N) is 1. The highest BCUT2D eigenvalue weighted by molar-refractivity contribution is 9.10. The van der Waals surface area contributed by atoms with Gasteiger partial charge in [0.15, 0.2) is 0 Å². The first-order valence-electron chi connectivity index (χ1n) is 5.30. The van der Waals surface area contributed by atoms with Crippen LogP contribution in [0.2, 0.25) is 0 Å². The van der Waals surface area contributed by atoms with E-state index in [1.165, 1.54) is 5.56 Å². The van der Waals surface area contributed by atoms with Gasteiger partial charge < -0.3 is 10.1 Å². The molecule has 0 amide bonds. The molecule has 0 saturated carbocycles. The minimum Gasteiger partial charge on any atom is -0.497 e. The van der Waals surface area contributed by atoms with E-state index < -0.39 is 0 Å². The van der Waals surface area contributed by atoms with Crippen LogP contribution in [0.3, 0.4) is 0 Å². The average Bonchev–Trinajstić information content (AvgIpc) is 2.26. The Kier molecular flexibility index (Phi) is 6.17. The van der Waals surface area contributed by atoms with E-state index in [-0.39, 0.29) is 5.38 Å². The van der Waals surface area contributed by atoms with Crippen LogP contribution in [0.4, 0.5) is 0 Å². The fourth-order valence-electron chi connectivity index (χ4n) is 1.34. The molecule has 0 saturated heterocycles. The van der Waals surface area contributed by atoms with Crippen molar-refractivity contribution < 1.29 is 4.74 Å². The largest absolute Gasteiger partial charge is 0.497 e. The van der Waals surface area contributed by atoms with Crippen molar-refractivity contribution in [2.75, 3.05) is 13.7 Å². The monoisotopic (exact) mass is 305 g/mol. The summed E-state index contributed by atoms with van der Waals surface area (Å²) in [7, 11) is 1.68. The minimum absolute atomic E-state index is 0.223. The van der Waals surface area contributed by atoms with Crippen LogP contribution in [0.5, 0.6) is 5.75 Å². The lowest BCUT2D eigenvalue weighted by Crippen LogP contribution is -2.17. The summed E-state index contributed by atoms with van der Waals surface area (Å²) in [4.78, 5) is 0. The van der Waals surface area contributed by atoms with Crippen LogP contribution in [-0.2, 0) is 6.54 Å². The Bertz CT molecular complexity index is 331. The van der Waals surface area contributed by atoms with Crippen molar-refractivity contribution in [2.24, 2.45) is 0 Å². The SMILES string of the molecule is COc1ccc(Br)c(CNCCC(C)Cl)c1. The van der Waals surface area contributed by atoms with Gasteiger partial charge in [0.1, 0.15) is 5.75 Å². The topological polar surface area (TPSA) is 21.3 Å². The second-order valence-electron chi connectivity index (χ2n) is 3.70. The predicted octanol–water partition coefficient (Wildman–Crippen LogP) is 3.56. The van der Waals surface area contributed by atoms with Crippen LogP contribution < -0.4 is 10.1 Å². The zero-order valence-corrected chi connectivity index (χ0v) is 11.9. The van der Waals surface area contributed by atoms with Crippen LogP contribution >= 0.6 is 27.5 Å². The quantitative estimate of drug-likeness (QED) is 0.641. The molecule has 4 heteroatoms. The third-order valence-electron chi connectivity index (χ3n) is 2.29. The Hall–Kier alpha value is -0.250. The van der Waals surface area contributed by atoms with E-state index in [1.807, 2.05) is 25.1 Å². The van der Waals surface area contributed by atoms with Gasteiger partial charge in [-0.25, -0.2) is 0 Å². The maximum absolute atomic E-state index is 5.87. The van der Waals surface area contributed by atoms with Gasteiger partial charge in [0.05, 0.1) is 7.11 Å². The molecule has 0 fully saturated rings. The van der Waals surface area contributed by atoms with Crippen molar-refractivity contribution >= 4 is 27.5 Å². The molecule has 90 valence electrons. The summed E-state index contributed by atoms with van der Waals surface area (Å²) in [6.07, 6.45) is 0.975. The Morgan fingerprint density at radius 1 is 1.50 bits per heavy atom. The Morgan fingerprint density at radius 2 is 2.25 bits per heavy atom. The van der Waals surface area contributed by atoms with Gasteiger partial charge >= 0.3 is 0 Å². The predicted molar refractivity (Wildman–Crippen MR) is 72.3 cm³/mol. The number of methoxy groups -OCH3 is 1. The molecular weight excluding hydrogens is 289 g/mol. The molecule has 2 nitrogen and oxygen atoms in total. The van der Waals surface area contributed by atoms with Crippen molar-refractivity contribution in [3.05, 3.63) is 28.2 Å². The van der Waals surface area contributed by atoms with Gasteiger partial charge in [0, 0.05) is 16.4 Å². The van der Waals surface area contributed by atoms with E-state index in [9.17, 15) is 0 Å². The van der Waals surface area contributed by atoms with Crippen molar-refractivity contribution in [1.82, 2.24) is 5.32 Å². The van der Waals surface area contributed by atoms with Crippen LogP contribution in [0.25, 0.3) is 0 Å². The molecule has 0 bridgehead atoms. The number of hydrogen-bond donors (Lipinski definition) is 1. The highest BCUT2D eigenvalue weighted by Gasteiger charge is 2.02. The van der Waals surface area contributed by atoms with Gasteiger partial charge in [-0.1, -0.05) is 15.9 Å². The molecule has 0 spiro atoms. The molecule has 0 heterocycles. The molecular formula is C12H17BrClNO. The summed E-state index contributed by atoms with van der Waals surface area (Å²) in [5.74, 6) is 0.880. The van der Waals surface area contributed by atoms with Gasteiger partial charge in [-0.2, -0.15) is 0 Å². The maximum atomic E-state index is 5.87. The number of halogens is 2. The van der Waals surface area contributed by atoms with E-state index in [4.69, 9.17) is 16.3 Å². The van der Waals surface area contributed by atoms with Gasteiger partial charge in [-0.15, -0.1) is 11.6 Å². The summed E-state index contributed by atoms with van der Waals surface area (Å²) < 4.78 is 6.28. The molecule has 0 aliphatic heterocycles. The van der Waals surface area contributed by atoms with E-state index in [2.05, 4.69) is 21.2 Å². The van der Waals surface area contributed by atoms with Crippen LogP contribution in [0.1, 0.15) is 18.9 Å². The first-order chi connectivity index (χ1) is 7.63. The molecule has 0 aliphatic carbocycles. The molecule has 1 atom stereocenters. The summed E-state index contributed by atoms with van der Waals surface area (Å²) in [6.45, 7) is 3.75. The number of hydrogen-bond acceptors (Lipinski definition) is 2. The van der Waals surface area contributed by atoms with Gasteiger partial charge in [-0.05, 0) is 43.7 Å². The molecule has 1 aromatic rings. The van der Waals surface area contributed by atoms with E-state index >= 15 is 0 Å². The summed E-state index contributed by atoms with van der Waals surface area (Å²) in [6, 6.07) is 5.97. The van der Waals surface area contributed by atoms with Gasteiger partial charge in [0.2, 0.25) is 0 Å². The number of alkyl halides is 1. The molecule has 0 radical (unpaired) electrons. The Balaban J connectivity index is 2.46. The summed E-state index contributed by atoms with van der Waals surface area (Å²) in [5.41, 5.74) is 1.20. The fraction of sp³-hybridized carbons (Fsp3) is 0.500. The van der Waals surface area contributed by atoms with Crippen LogP contribution in [-0.4, -0.2) is 19.0 Å². The average molecular weight is 307 g/mol. The van der Waals surface area contributed by atoms with Crippen molar-refractivity contribution in [3.8, 4) is 5.75 Å². The minimum atomic E-state index is 0.223. The molecule has 0 aromatic heterocycles. The smallest absolute Gasteiger partial charge is 0.119 e. The molecule has 1 rings (SSSR count). The van der Waals surface area contributed by atoms with E-state index in [1.54, 1.807) is 7.11 Å². The first-order valence-corrected chi connectivity index (χ1v) is 6.53.